The fourth-order valence-corrected chi connectivity index (χ4v) is 2.40. The van der Waals surface area contributed by atoms with Crippen LogP contribution >= 0.6 is 15.9 Å². The van der Waals surface area contributed by atoms with Crippen LogP contribution in [0.1, 0.15) is 22.8 Å². The van der Waals surface area contributed by atoms with Gasteiger partial charge in [-0.1, -0.05) is 6.07 Å². The first-order chi connectivity index (χ1) is 9.61. The van der Waals surface area contributed by atoms with Crippen LogP contribution in [0.4, 0.5) is 11.5 Å². The maximum absolute atomic E-state index is 12.3. The van der Waals surface area contributed by atoms with Gasteiger partial charge >= 0.3 is 0 Å². The molecule has 0 atom stereocenters. The third-order valence-electron chi connectivity index (χ3n) is 2.77. The molecule has 0 saturated carbocycles. The highest BCUT2D eigenvalue weighted by atomic mass is 79.9. The highest BCUT2D eigenvalue weighted by Crippen LogP contribution is 2.24. The molecule has 1 amide bonds. The maximum Gasteiger partial charge on any atom is 0.259 e. The van der Waals surface area contributed by atoms with E-state index in [0.29, 0.717) is 17.9 Å². The van der Waals surface area contributed by atoms with Crippen LogP contribution in [0.25, 0.3) is 0 Å². The van der Waals surface area contributed by atoms with Gasteiger partial charge in [-0.2, -0.15) is 0 Å². The van der Waals surface area contributed by atoms with Crippen molar-refractivity contribution in [1.82, 2.24) is 4.98 Å². The molecule has 0 radical (unpaired) electrons. The third kappa shape index (κ3) is 3.36. The van der Waals surface area contributed by atoms with E-state index in [2.05, 4.69) is 31.5 Å². The number of hydrogen-bond acceptors (Lipinski definition) is 3. The van der Waals surface area contributed by atoms with Crippen LogP contribution in [0.3, 0.4) is 0 Å². The Bertz CT molecular complexity index is 628. The van der Waals surface area contributed by atoms with Gasteiger partial charge in [0.15, 0.2) is 0 Å². The summed E-state index contributed by atoms with van der Waals surface area (Å²) in [6, 6.07) is 9.29. The van der Waals surface area contributed by atoms with Crippen LogP contribution in [-0.2, 0) is 0 Å². The molecule has 0 unspecified atom stereocenters. The SMILES string of the molecule is CCNc1ncccc1C(=O)Nc1ccc(C)cc1Br. The van der Waals surface area contributed by atoms with E-state index in [-0.39, 0.29) is 5.91 Å². The number of carbonyl (C=O) groups is 1. The summed E-state index contributed by atoms with van der Waals surface area (Å²) in [6.07, 6.45) is 1.66. The molecule has 20 heavy (non-hydrogen) atoms. The standard InChI is InChI=1S/C15H16BrN3O/c1-3-17-14-11(5-4-8-18-14)15(20)19-13-7-6-10(2)9-12(13)16/h4-9H,3H2,1-2H3,(H,17,18)(H,19,20). The van der Waals surface area contributed by atoms with Crippen molar-refractivity contribution in [2.75, 3.05) is 17.2 Å². The molecule has 2 aromatic rings. The van der Waals surface area contributed by atoms with Gasteiger partial charge in [-0.25, -0.2) is 4.98 Å². The largest absolute Gasteiger partial charge is 0.370 e. The van der Waals surface area contributed by atoms with Crippen molar-refractivity contribution in [3.8, 4) is 0 Å². The van der Waals surface area contributed by atoms with E-state index in [1.807, 2.05) is 32.0 Å². The first-order valence-corrected chi connectivity index (χ1v) is 7.17. The number of amides is 1. The fraction of sp³-hybridized carbons (Fsp3) is 0.200. The van der Waals surface area contributed by atoms with Gasteiger partial charge in [0.1, 0.15) is 5.82 Å². The van der Waals surface area contributed by atoms with Gasteiger partial charge in [0.05, 0.1) is 11.3 Å². The van der Waals surface area contributed by atoms with E-state index in [1.165, 1.54) is 0 Å². The molecule has 104 valence electrons. The minimum Gasteiger partial charge on any atom is -0.370 e. The van der Waals surface area contributed by atoms with Gasteiger partial charge in [-0.3, -0.25) is 4.79 Å². The zero-order valence-electron chi connectivity index (χ0n) is 11.4. The van der Waals surface area contributed by atoms with Gasteiger partial charge in [0.25, 0.3) is 5.91 Å². The number of halogens is 1. The monoisotopic (exact) mass is 333 g/mol. The molecule has 0 aliphatic rings. The van der Waals surface area contributed by atoms with Crippen LogP contribution in [0, 0.1) is 6.92 Å². The Morgan fingerprint density at radius 1 is 1.35 bits per heavy atom. The molecule has 0 aliphatic carbocycles. The van der Waals surface area contributed by atoms with E-state index in [0.717, 1.165) is 15.7 Å². The topological polar surface area (TPSA) is 54.0 Å². The summed E-state index contributed by atoms with van der Waals surface area (Å²) in [5.41, 5.74) is 2.40. The van der Waals surface area contributed by atoms with Crippen molar-refractivity contribution < 1.29 is 4.79 Å². The Hall–Kier alpha value is -1.88. The number of aryl methyl sites for hydroxylation is 1. The first kappa shape index (κ1) is 14.5. The second-order valence-electron chi connectivity index (χ2n) is 4.37. The second kappa shape index (κ2) is 6.52. The van der Waals surface area contributed by atoms with Crippen molar-refractivity contribution in [1.29, 1.82) is 0 Å². The van der Waals surface area contributed by atoms with Crippen molar-refractivity contribution in [2.45, 2.75) is 13.8 Å². The molecular formula is C15H16BrN3O. The molecule has 0 fully saturated rings. The van der Waals surface area contributed by atoms with Crippen molar-refractivity contribution >= 4 is 33.3 Å². The lowest BCUT2D eigenvalue weighted by molar-refractivity contribution is 0.102. The van der Waals surface area contributed by atoms with Gasteiger partial charge in [-0.05, 0) is 59.6 Å². The molecule has 0 aliphatic heterocycles. The molecular weight excluding hydrogens is 318 g/mol. The van der Waals surface area contributed by atoms with Crippen LogP contribution in [0.5, 0.6) is 0 Å². The summed E-state index contributed by atoms with van der Waals surface area (Å²) in [5.74, 6) is 0.411. The number of carbonyl (C=O) groups excluding carboxylic acids is 1. The maximum atomic E-state index is 12.3. The lowest BCUT2D eigenvalue weighted by atomic mass is 10.2. The second-order valence-corrected chi connectivity index (χ2v) is 5.22. The van der Waals surface area contributed by atoms with Gasteiger partial charge < -0.3 is 10.6 Å². The average molecular weight is 334 g/mol. The predicted octanol–water partition coefficient (Wildman–Crippen LogP) is 3.84. The molecule has 5 heteroatoms. The summed E-state index contributed by atoms with van der Waals surface area (Å²) >= 11 is 3.45. The zero-order chi connectivity index (χ0) is 14.5. The third-order valence-corrected chi connectivity index (χ3v) is 3.43. The lowest BCUT2D eigenvalue weighted by Crippen LogP contribution is -2.16. The Balaban J connectivity index is 2.24. The average Bonchev–Trinajstić information content (AvgIpc) is 2.43. The summed E-state index contributed by atoms with van der Waals surface area (Å²) in [4.78, 5) is 16.5. The zero-order valence-corrected chi connectivity index (χ0v) is 13.0. The van der Waals surface area contributed by atoms with Crippen LogP contribution in [0.15, 0.2) is 41.0 Å². The first-order valence-electron chi connectivity index (χ1n) is 6.38. The number of pyridine rings is 1. The lowest BCUT2D eigenvalue weighted by Gasteiger charge is -2.11. The Morgan fingerprint density at radius 2 is 2.15 bits per heavy atom. The number of nitrogens with one attached hydrogen (secondary N) is 2. The molecule has 0 bridgehead atoms. The fourth-order valence-electron chi connectivity index (χ4n) is 1.81. The van der Waals surface area contributed by atoms with Crippen molar-refractivity contribution in [2.24, 2.45) is 0 Å². The highest BCUT2D eigenvalue weighted by Gasteiger charge is 2.13. The van der Waals surface area contributed by atoms with E-state index in [1.54, 1.807) is 18.3 Å². The van der Waals surface area contributed by atoms with Crippen LogP contribution in [-0.4, -0.2) is 17.4 Å². The molecule has 1 heterocycles. The summed E-state index contributed by atoms with van der Waals surface area (Å²) in [7, 11) is 0. The normalized spacial score (nSPS) is 10.2. The number of aromatic nitrogens is 1. The Labute approximate surface area is 126 Å². The van der Waals surface area contributed by atoms with E-state index < -0.39 is 0 Å². The van der Waals surface area contributed by atoms with Crippen molar-refractivity contribution in [3.05, 3.63) is 52.1 Å². The van der Waals surface area contributed by atoms with E-state index in [9.17, 15) is 4.79 Å². The number of nitrogens with zero attached hydrogens (tertiary/aromatic N) is 1. The minimum absolute atomic E-state index is 0.182. The van der Waals surface area contributed by atoms with Gasteiger partial charge in [0.2, 0.25) is 0 Å². The molecule has 0 saturated heterocycles. The van der Waals surface area contributed by atoms with Gasteiger partial charge in [0, 0.05) is 17.2 Å². The molecule has 2 N–H and O–H groups in total. The number of hydrogen-bond donors (Lipinski definition) is 2. The number of anilines is 2. The number of rotatable bonds is 4. The van der Waals surface area contributed by atoms with Gasteiger partial charge in [-0.15, -0.1) is 0 Å². The quantitative estimate of drug-likeness (QED) is 0.893. The van der Waals surface area contributed by atoms with E-state index >= 15 is 0 Å². The van der Waals surface area contributed by atoms with Crippen LogP contribution < -0.4 is 10.6 Å². The summed E-state index contributed by atoms with van der Waals surface area (Å²) in [5, 5.41) is 5.97. The molecule has 1 aromatic heterocycles. The summed E-state index contributed by atoms with van der Waals surface area (Å²) in [6.45, 7) is 4.68. The predicted molar refractivity (Wildman–Crippen MR) is 85.2 cm³/mol. The minimum atomic E-state index is -0.182. The van der Waals surface area contributed by atoms with Crippen molar-refractivity contribution in [3.63, 3.8) is 0 Å². The Kier molecular flexibility index (Phi) is 4.74. The molecule has 0 spiro atoms. The molecule has 2 rings (SSSR count). The summed E-state index contributed by atoms with van der Waals surface area (Å²) < 4.78 is 0.861. The highest BCUT2D eigenvalue weighted by molar-refractivity contribution is 9.10. The Morgan fingerprint density at radius 3 is 2.85 bits per heavy atom. The smallest absolute Gasteiger partial charge is 0.259 e. The molecule has 4 nitrogen and oxygen atoms in total. The molecule has 1 aromatic carbocycles. The van der Waals surface area contributed by atoms with E-state index in [4.69, 9.17) is 0 Å². The van der Waals surface area contributed by atoms with Crippen LogP contribution in [0.2, 0.25) is 0 Å². The number of benzene rings is 1.